The van der Waals surface area contributed by atoms with Crippen LogP contribution >= 0.6 is 0 Å². The summed E-state index contributed by atoms with van der Waals surface area (Å²) in [5.74, 6) is -1.83. The summed E-state index contributed by atoms with van der Waals surface area (Å²) in [6, 6.07) is 0. The van der Waals surface area contributed by atoms with E-state index in [1.54, 1.807) is 0 Å². The Bertz CT molecular complexity index is 263. The van der Waals surface area contributed by atoms with Gasteiger partial charge in [0, 0.05) is 5.57 Å². The van der Waals surface area contributed by atoms with Gasteiger partial charge in [-0.25, -0.2) is 4.79 Å². The summed E-state index contributed by atoms with van der Waals surface area (Å²) in [6.45, 7) is 6.53. The summed E-state index contributed by atoms with van der Waals surface area (Å²) in [7, 11) is 0. The Labute approximate surface area is 75.8 Å². The molecular formula is C9H10O4. The van der Waals surface area contributed by atoms with Crippen molar-refractivity contribution in [1.29, 1.82) is 0 Å². The van der Waals surface area contributed by atoms with Gasteiger partial charge in [0.15, 0.2) is 0 Å². The van der Waals surface area contributed by atoms with Gasteiger partial charge in [-0.1, -0.05) is 25.3 Å². The zero-order valence-electron chi connectivity index (χ0n) is 7.03. The van der Waals surface area contributed by atoms with E-state index in [1.807, 2.05) is 0 Å². The second kappa shape index (κ2) is 5.77. The maximum absolute atomic E-state index is 11.0. The Morgan fingerprint density at radius 1 is 1.38 bits per heavy atom. The molecule has 4 heteroatoms. The fraction of sp³-hybridized carbons (Fsp3) is 0.111. The SMILES string of the molecule is C=CC=C(CC(=O)O)C(=O)OC=C. The van der Waals surface area contributed by atoms with E-state index in [0.717, 1.165) is 6.26 Å². The van der Waals surface area contributed by atoms with Gasteiger partial charge in [-0.3, -0.25) is 4.79 Å². The molecule has 0 aliphatic rings. The topological polar surface area (TPSA) is 63.6 Å². The molecule has 0 saturated carbocycles. The van der Waals surface area contributed by atoms with Crippen molar-refractivity contribution in [2.24, 2.45) is 0 Å². The molecule has 0 amide bonds. The molecule has 70 valence electrons. The van der Waals surface area contributed by atoms with Crippen molar-refractivity contribution in [3.63, 3.8) is 0 Å². The second-order valence-electron chi connectivity index (χ2n) is 2.07. The zero-order valence-corrected chi connectivity index (χ0v) is 7.03. The molecule has 0 aromatic heterocycles. The van der Waals surface area contributed by atoms with E-state index in [9.17, 15) is 9.59 Å². The van der Waals surface area contributed by atoms with Gasteiger partial charge in [-0.05, 0) is 0 Å². The van der Waals surface area contributed by atoms with E-state index in [-0.39, 0.29) is 5.57 Å². The van der Waals surface area contributed by atoms with Crippen LogP contribution in [0.15, 0.2) is 37.1 Å². The van der Waals surface area contributed by atoms with E-state index < -0.39 is 18.4 Å². The average molecular weight is 182 g/mol. The van der Waals surface area contributed by atoms with Gasteiger partial charge in [-0.2, -0.15) is 0 Å². The van der Waals surface area contributed by atoms with E-state index in [2.05, 4.69) is 17.9 Å². The van der Waals surface area contributed by atoms with Crippen molar-refractivity contribution in [2.45, 2.75) is 6.42 Å². The lowest BCUT2D eigenvalue weighted by Gasteiger charge is -2.00. The highest BCUT2D eigenvalue weighted by atomic mass is 16.5. The number of allylic oxidation sites excluding steroid dienone is 2. The summed E-state index contributed by atoms with van der Waals surface area (Å²) in [5, 5.41) is 8.42. The van der Waals surface area contributed by atoms with Crippen LogP contribution in [0.4, 0.5) is 0 Å². The predicted octanol–water partition coefficient (Wildman–Crippen LogP) is 1.26. The lowest BCUT2D eigenvalue weighted by Crippen LogP contribution is -2.08. The van der Waals surface area contributed by atoms with Gasteiger partial charge in [-0.15, -0.1) is 0 Å². The number of carbonyl (C=O) groups excluding carboxylic acids is 1. The summed E-state index contributed by atoms with van der Waals surface area (Å²) in [4.78, 5) is 21.3. The van der Waals surface area contributed by atoms with Crippen molar-refractivity contribution >= 4 is 11.9 Å². The lowest BCUT2D eigenvalue weighted by molar-refractivity contribution is -0.140. The molecule has 0 saturated heterocycles. The molecule has 0 heterocycles. The number of hydrogen-bond donors (Lipinski definition) is 1. The fourth-order valence-electron chi connectivity index (χ4n) is 0.656. The molecule has 13 heavy (non-hydrogen) atoms. The lowest BCUT2D eigenvalue weighted by atomic mass is 10.2. The van der Waals surface area contributed by atoms with Crippen LogP contribution < -0.4 is 0 Å². The first kappa shape index (κ1) is 11.2. The summed E-state index contributed by atoms with van der Waals surface area (Å²) >= 11 is 0. The van der Waals surface area contributed by atoms with Gasteiger partial charge in [0.05, 0.1) is 12.7 Å². The number of rotatable bonds is 5. The van der Waals surface area contributed by atoms with Crippen molar-refractivity contribution in [1.82, 2.24) is 0 Å². The third-order valence-electron chi connectivity index (χ3n) is 1.11. The van der Waals surface area contributed by atoms with Gasteiger partial charge < -0.3 is 9.84 Å². The van der Waals surface area contributed by atoms with Crippen LogP contribution in [-0.2, 0) is 14.3 Å². The molecule has 0 fully saturated rings. The fourth-order valence-corrected chi connectivity index (χ4v) is 0.656. The Hall–Kier alpha value is -1.84. The number of aliphatic carboxylic acids is 1. The van der Waals surface area contributed by atoms with Crippen LogP contribution in [0.1, 0.15) is 6.42 Å². The minimum Gasteiger partial charge on any atom is -0.481 e. The molecule has 0 radical (unpaired) electrons. The second-order valence-corrected chi connectivity index (χ2v) is 2.07. The molecule has 0 aliphatic carbocycles. The molecule has 0 aromatic rings. The predicted molar refractivity (Wildman–Crippen MR) is 46.8 cm³/mol. The Morgan fingerprint density at radius 2 is 2.00 bits per heavy atom. The number of carboxylic acids is 1. The Balaban J connectivity index is 4.50. The van der Waals surface area contributed by atoms with Crippen molar-refractivity contribution in [2.75, 3.05) is 0 Å². The number of carbonyl (C=O) groups is 2. The molecule has 0 unspecified atom stereocenters. The molecule has 0 rings (SSSR count). The van der Waals surface area contributed by atoms with Gasteiger partial charge in [0.25, 0.3) is 0 Å². The van der Waals surface area contributed by atoms with Crippen LogP contribution in [0.5, 0.6) is 0 Å². The number of esters is 1. The highest BCUT2D eigenvalue weighted by Crippen LogP contribution is 2.04. The third-order valence-corrected chi connectivity index (χ3v) is 1.11. The molecule has 4 nitrogen and oxygen atoms in total. The van der Waals surface area contributed by atoms with E-state index in [1.165, 1.54) is 12.2 Å². The Morgan fingerprint density at radius 3 is 2.38 bits per heavy atom. The first-order chi connectivity index (χ1) is 6.11. The first-order valence-corrected chi connectivity index (χ1v) is 3.47. The maximum atomic E-state index is 11.0. The minimum absolute atomic E-state index is 0.0300. The highest BCUT2D eigenvalue weighted by molar-refractivity contribution is 5.94. The highest BCUT2D eigenvalue weighted by Gasteiger charge is 2.12. The van der Waals surface area contributed by atoms with E-state index in [0.29, 0.717) is 0 Å². The van der Waals surface area contributed by atoms with E-state index >= 15 is 0 Å². The van der Waals surface area contributed by atoms with Crippen molar-refractivity contribution in [3.8, 4) is 0 Å². The molecule has 0 bridgehead atoms. The van der Waals surface area contributed by atoms with Crippen LogP contribution in [-0.4, -0.2) is 17.0 Å². The minimum atomic E-state index is -1.10. The number of hydrogen-bond acceptors (Lipinski definition) is 3. The average Bonchev–Trinajstić information content (AvgIpc) is 2.03. The summed E-state index contributed by atoms with van der Waals surface area (Å²) < 4.78 is 4.40. The van der Waals surface area contributed by atoms with Crippen LogP contribution in [0.3, 0.4) is 0 Å². The van der Waals surface area contributed by atoms with Gasteiger partial charge in [0.1, 0.15) is 0 Å². The van der Waals surface area contributed by atoms with Gasteiger partial charge >= 0.3 is 11.9 Å². The maximum Gasteiger partial charge on any atom is 0.339 e. The van der Waals surface area contributed by atoms with Crippen molar-refractivity contribution in [3.05, 3.63) is 37.1 Å². The first-order valence-electron chi connectivity index (χ1n) is 3.47. The quantitative estimate of drug-likeness (QED) is 0.301. The molecule has 0 aliphatic heterocycles. The molecule has 0 spiro atoms. The normalized spacial score (nSPS) is 10.3. The van der Waals surface area contributed by atoms with Crippen LogP contribution in [0.25, 0.3) is 0 Å². The summed E-state index contributed by atoms with van der Waals surface area (Å²) in [5.41, 5.74) is 0.0300. The largest absolute Gasteiger partial charge is 0.481 e. The standard InChI is InChI=1S/C9H10O4/c1-3-5-7(6-8(10)11)9(12)13-4-2/h3-5H,1-2,6H2,(H,10,11). The monoisotopic (exact) mass is 182 g/mol. The number of ether oxygens (including phenoxy) is 1. The molecule has 0 aromatic carbocycles. The van der Waals surface area contributed by atoms with Crippen LogP contribution in [0, 0.1) is 0 Å². The van der Waals surface area contributed by atoms with Gasteiger partial charge in [0.2, 0.25) is 0 Å². The molecule has 1 N–H and O–H groups in total. The summed E-state index contributed by atoms with van der Waals surface area (Å²) in [6.07, 6.45) is 3.17. The van der Waals surface area contributed by atoms with Crippen LogP contribution in [0.2, 0.25) is 0 Å². The van der Waals surface area contributed by atoms with Crippen molar-refractivity contribution < 1.29 is 19.4 Å². The third kappa shape index (κ3) is 4.58. The van der Waals surface area contributed by atoms with E-state index in [4.69, 9.17) is 5.11 Å². The molecular weight excluding hydrogens is 172 g/mol. The molecule has 0 atom stereocenters. The smallest absolute Gasteiger partial charge is 0.339 e. The number of carboxylic acid groups (broad SMARTS) is 1. The zero-order chi connectivity index (χ0) is 10.3. The Kier molecular flexibility index (Phi) is 4.95.